The van der Waals surface area contributed by atoms with E-state index in [1.165, 1.54) is 9.80 Å². The van der Waals surface area contributed by atoms with Gasteiger partial charge in [0.25, 0.3) is 11.8 Å². The van der Waals surface area contributed by atoms with Crippen LogP contribution in [-0.2, 0) is 21.5 Å². The zero-order chi connectivity index (χ0) is 31.7. The van der Waals surface area contributed by atoms with Gasteiger partial charge in [-0.05, 0) is 68.3 Å². The Hall–Kier alpha value is -4.34. The SMILES string of the molecule is COc1ccc(CC(=O)N(C)C)cc1-c1nc2c(n1C(C)C)[C@@]1(C(=O)Nc3cc(Cl)ccc31)N(c1cc(Cl)ccc1C)C2=O. The number of methoxy groups -OCH3 is 1. The van der Waals surface area contributed by atoms with E-state index < -0.39 is 17.4 Å². The van der Waals surface area contributed by atoms with Crippen LogP contribution in [0.2, 0.25) is 10.0 Å². The first kappa shape index (κ1) is 29.7. The van der Waals surface area contributed by atoms with E-state index in [2.05, 4.69) is 5.32 Å². The fourth-order valence-corrected chi connectivity index (χ4v) is 6.54. The predicted molar refractivity (Wildman–Crippen MR) is 171 cm³/mol. The number of nitrogens with one attached hydrogen (secondary N) is 1. The summed E-state index contributed by atoms with van der Waals surface area (Å²) in [7, 11) is 4.97. The Morgan fingerprint density at radius 3 is 2.43 bits per heavy atom. The molecule has 1 spiro atoms. The number of benzene rings is 3. The second kappa shape index (κ2) is 10.7. The quantitative estimate of drug-likeness (QED) is 0.272. The minimum absolute atomic E-state index is 0.0598. The van der Waals surface area contributed by atoms with E-state index in [-0.39, 0.29) is 24.1 Å². The summed E-state index contributed by atoms with van der Waals surface area (Å²) < 4.78 is 7.67. The number of rotatable bonds is 6. The molecule has 0 saturated carbocycles. The van der Waals surface area contributed by atoms with Crippen molar-refractivity contribution in [2.24, 2.45) is 0 Å². The van der Waals surface area contributed by atoms with Crippen LogP contribution in [-0.4, -0.2) is 53.4 Å². The summed E-state index contributed by atoms with van der Waals surface area (Å²) in [5.41, 5.74) is 2.66. The zero-order valence-electron chi connectivity index (χ0n) is 25.2. The largest absolute Gasteiger partial charge is 0.496 e. The first-order valence-electron chi connectivity index (χ1n) is 14.1. The number of nitrogens with zero attached hydrogens (tertiary/aromatic N) is 4. The molecule has 6 rings (SSSR count). The van der Waals surface area contributed by atoms with Gasteiger partial charge in [-0.1, -0.05) is 41.4 Å². The summed E-state index contributed by atoms with van der Waals surface area (Å²) in [5.74, 6) is 0.0549. The summed E-state index contributed by atoms with van der Waals surface area (Å²) in [6, 6.07) is 15.7. The lowest BCUT2D eigenvalue weighted by Crippen LogP contribution is -2.51. The van der Waals surface area contributed by atoms with Crippen LogP contribution in [0.25, 0.3) is 11.4 Å². The fourth-order valence-electron chi connectivity index (χ4n) is 6.20. The molecule has 9 nitrogen and oxygen atoms in total. The van der Waals surface area contributed by atoms with Crippen LogP contribution in [0.4, 0.5) is 11.4 Å². The highest BCUT2D eigenvalue weighted by Crippen LogP contribution is 2.55. The number of carbonyl (C=O) groups excluding carboxylic acids is 3. The van der Waals surface area contributed by atoms with E-state index >= 15 is 0 Å². The summed E-state index contributed by atoms with van der Waals surface area (Å²) in [6.07, 6.45) is 0.174. The average Bonchev–Trinajstić information content (AvgIpc) is 3.58. The summed E-state index contributed by atoms with van der Waals surface area (Å²) in [4.78, 5) is 49.6. The third-order valence-corrected chi connectivity index (χ3v) is 8.70. The summed E-state index contributed by atoms with van der Waals surface area (Å²) in [5, 5.41) is 3.86. The van der Waals surface area contributed by atoms with Crippen LogP contribution < -0.4 is 15.0 Å². The maximum Gasteiger partial charge on any atom is 0.280 e. The topological polar surface area (TPSA) is 96.8 Å². The number of aromatic nitrogens is 2. The number of anilines is 2. The van der Waals surface area contributed by atoms with Crippen LogP contribution in [0.15, 0.2) is 54.6 Å². The highest BCUT2D eigenvalue weighted by molar-refractivity contribution is 6.32. The molecule has 4 aromatic rings. The van der Waals surface area contributed by atoms with Crippen molar-refractivity contribution in [2.75, 3.05) is 31.4 Å². The number of carbonyl (C=O) groups is 3. The van der Waals surface area contributed by atoms with E-state index in [4.69, 9.17) is 32.9 Å². The van der Waals surface area contributed by atoms with E-state index in [0.29, 0.717) is 49.8 Å². The molecule has 0 saturated heterocycles. The predicted octanol–water partition coefficient (Wildman–Crippen LogP) is 6.24. The van der Waals surface area contributed by atoms with Crippen molar-refractivity contribution in [3.63, 3.8) is 0 Å². The highest BCUT2D eigenvalue weighted by atomic mass is 35.5. The van der Waals surface area contributed by atoms with Gasteiger partial charge in [0.15, 0.2) is 11.2 Å². The maximum atomic E-state index is 14.6. The average molecular weight is 633 g/mol. The lowest BCUT2D eigenvalue weighted by atomic mass is 9.86. The Kier molecular flexibility index (Phi) is 7.21. The molecule has 3 heterocycles. The van der Waals surface area contributed by atoms with Gasteiger partial charge in [0.1, 0.15) is 11.6 Å². The Morgan fingerprint density at radius 2 is 1.75 bits per heavy atom. The fraction of sp³-hybridized carbons (Fsp3) is 0.273. The number of ether oxygens (including phenoxy) is 1. The molecule has 0 unspecified atom stereocenters. The molecule has 226 valence electrons. The molecular weight excluding hydrogens is 601 g/mol. The molecule has 2 aliphatic rings. The van der Waals surface area contributed by atoms with Crippen LogP contribution in [0.1, 0.15) is 52.8 Å². The number of halogens is 2. The van der Waals surface area contributed by atoms with E-state index in [1.807, 2.05) is 43.5 Å². The smallest absolute Gasteiger partial charge is 0.280 e. The molecule has 1 atom stereocenters. The molecule has 11 heteroatoms. The van der Waals surface area contributed by atoms with Gasteiger partial charge in [0.05, 0.1) is 30.5 Å². The number of hydrogen-bond donors (Lipinski definition) is 1. The second-order valence-electron chi connectivity index (χ2n) is 11.5. The van der Waals surface area contributed by atoms with Gasteiger partial charge >= 0.3 is 0 Å². The molecule has 0 bridgehead atoms. The van der Waals surface area contributed by atoms with Gasteiger partial charge in [-0.2, -0.15) is 0 Å². The highest BCUT2D eigenvalue weighted by Gasteiger charge is 2.64. The Labute approximate surface area is 265 Å². The maximum absolute atomic E-state index is 14.6. The van der Waals surface area contributed by atoms with Crippen molar-refractivity contribution in [2.45, 2.75) is 38.8 Å². The third-order valence-electron chi connectivity index (χ3n) is 8.23. The minimum Gasteiger partial charge on any atom is -0.496 e. The molecule has 3 amide bonds. The number of hydrogen-bond acceptors (Lipinski definition) is 5. The van der Waals surface area contributed by atoms with Gasteiger partial charge < -0.3 is 19.5 Å². The van der Waals surface area contributed by atoms with Crippen molar-refractivity contribution in [3.8, 4) is 17.1 Å². The van der Waals surface area contributed by atoms with E-state index in [9.17, 15) is 14.4 Å². The first-order chi connectivity index (χ1) is 20.9. The first-order valence-corrected chi connectivity index (χ1v) is 14.9. The molecule has 1 N–H and O–H groups in total. The van der Waals surface area contributed by atoms with Crippen molar-refractivity contribution in [1.29, 1.82) is 0 Å². The Morgan fingerprint density at radius 1 is 1.05 bits per heavy atom. The molecule has 44 heavy (non-hydrogen) atoms. The van der Waals surface area contributed by atoms with Crippen LogP contribution in [0.5, 0.6) is 5.75 Å². The zero-order valence-corrected chi connectivity index (χ0v) is 26.7. The lowest BCUT2D eigenvalue weighted by Gasteiger charge is -2.36. The van der Waals surface area contributed by atoms with Crippen molar-refractivity contribution < 1.29 is 19.1 Å². The van der Waals surface area contributed by atoms with Gasteiger partial charge in [0.2, 0.25) is 5.91 Å². The van der Waals surface area contributed by atoms with Crippen molar-refractivity contribution in [3.05, 3.63) is 92.7 Å². The molecule has 0 aliphatic carbocycles. The van der Waals surface area contributed by atoms with Gasteiger partial charge in [-0.3, -0.25) is 19.3 Å². The number of fused-ring (bicyclic) bond motifs is 4. The summed E-state index contributed by atoms with van der Waals surface area (Å²) in [6.45, 7) is 5.81. The van der Waals surface area contributed by atoms with Gasteiger partial charge in [0, 0.05) is 41.4 Å². The molecule has 0 radical (unpaired) electrons. The Bertz CT molecular complexity index is 1880. The van der Waals surface area contributed by atoms with Crippen LogP contribution in [0, 0.1) is 6.92 Å². The molecule has 3 aromatic carbocycles. The van der Waals surface area contributed by atoms with Crippen LogP contribution >= 0.6 is 23.2 Å². The van der Waals surface area contributed by atoms with Crippen LogP contribution in [0.3, 0.4) is 0 Å². The second-order valence-corrected chi connectivity index (χ2v) is 12.4. The summed E-state index contributed by atoms with van der Waals surface area (Å²) >= 11 is 12.8. The number of amides is 3. The Balaban J connectivity index is 1.68. The van der Waals surface area contributed by atoms with Crippen molar-refractivity contribution in [1.82, 2.24) is 14.5 Å². The number of aryl methyl sites for hydroxylation is 1. The standard InChI is InChI=1S/C33H31Cl2N5O4/c1-17(2)39-29-28(37-30(39)22-13-19(8-12-26(22)44-6)14-27(41)38(4)5)31(42)40(25-16-21(35)9-7-18(25)3)33(29)23-11-10-20(34)15-24(23)36-32(33)43/h7-13,15-17H,14H2,1-6H3,(H,36,43)/t33-/m0/s1. The normalized spacial score (nSPS) is 16.9. The molecule has 0 fully saturated rings. The molecular formula is C33H31Cl2N5O4. The van der Waals surface area contributed by atoms with E-state index in [1.54, 1.807) is 57.6 Å². The van der Waals surface area contributed by atoms with Gasteiger partial charge in [-0.15, -0.1) is 0 Å². The lowest BCUT2D eigenvalue weighted by molar-refractivity contribution is -0.128. The molecule has 1 aromatic heterocycles. The van der Waals surface area contributed by atoms with E-state index in [0.717, 1.165) is 11.1 Å². The minimum atomic E-state index is -1.61. The third kappa shape index (κ3) is 4.29. The number of likely N-dealkylation sites (N-methyl/N-ethyl adjacent to an activating group) is 1. The van der Waals surface area contributed by atoms with Crippen molar-refractivity contribution >= 4 is 52.3 Å². The monoisotopic (exact) mass is 631 g/mol. The molecule has 2 aliphatic heterocycles. The number of imidazole rings is 1. The van der Waals surface area contributed by atoms with Gasteiger partial charge in [-0.25, -0.2) is 4.98 Å².